The molecule has 0 aliphatic heterocycles. The van der Waals surface area contributed by atoms with Gasteiger partial charge in [0.2, 0.25) is 0 Å². The lowest BCUT2D eigenvalue weighted by Crippen LogP contribution is -2.34. The molecule has 0 aliphatic carbocycles. The Kier molecular flexibility index (Phi) is 4.21. The van der Waals surface area contributed by atoms with Gasteiger partial charge in [-0.1, -0.05) is 13.8 Å². The van der Waals surface area contributed by atoms with Gasteiger partial charge in [0.25, 0.3) is 0 Å². The first-order chi connectivity index (χ1) is 7.88. The number of halogens is 2. The third-order valence-electron chi connectivity index (χ3n) is 3.10. The van der Waals surface area contributed by atoms with Gasteiger partial charge in [0.15, 0.2) is 0 Å². The van der Waals surface area contributed by atoms with E-state index in [9.17, 15) is 13.6 Å². The highest BCUT2D eigenvalue weighted by molar-refractivity contribution is 5.76. The third-order valence-corrected chi connectivity index (χ3v) is 3.10. The average Bonchev–Trinajstić information content (AvgIpc) is 2.26. The maximum Gasteiger partial charge on any atom is 0.150 e. The number of aldehydes is 1. The quantitative estimate of drug-likeness (QED) is 0.754. The van der Waals surface area contributed by atoms with E-state index < -0.39 is 11.6 Å². The van der Waals surface area contributed by atoms with E-state index in [-0.39, 0.29) is 23.2 Å². The zero-order chi connectivity index (χ0) is 13.2. The Bertz CT molecular complexity index is 395. The van der Waals surface area contributed by atoms with Crippen molar-refractivity contribution in [1.29, 1.82) is 0 Å². The van der Waals surface area contributed by atoms with Crippen molar-refractivity contribution in [2.24, 2.45) is 5.92 Å². The molecule has 0 saturated heterocycles. The summed E-state index contributed by atoms with van der Waals surface area (Å²) in [7, 11) is 1.65. The van der Waals surface area contributed by atoms with Crippen LogP contribution < -0.4 is 4.90 Å². The number of benzene rings is 1. The van der Waals surface area contributed by atoms with Crippen LogP contribution in [0, 0.1) is 17.6 Å². The summed E-state index contributed by atoms with van der Waals surface area (Å²) in [4.78, 5) is 12.0. The van der Waals surface area contributed by atoms with Crippen molar-refractivity contribution in [2.75, 3.05) is 11.9 Å². The highest BCUT2D eigenvalue weighted by atomic mass is 19.1. The summed E-state index contributed by atoms with van der Waals surface area (Å²) in [5, 5.41) is 0. The second-order valence-corrected chi connectivity index (χ2v) is 4.55. The van der Waals surface area contributed by atoms with E-state index in [0.717, 1.165) is 12.1 Å². The molecule has 0 bridgehead atoms. The molecule has 0 aliphatic rings. The predicted octanol–water partition coefficient (Wildman–Crippen LogP) is 3.26. The topological polar surface area (TPSA) is 20.3 Å². The van der Waals surface area contributed by atoms with E-state index in [2.05, 4.69) is 0 Å². The first kappa shape index (κ1) is 13.6. The minimum absolute atomic E-state index is 0.00100. The van der Waals surface area contributed by atoms with Crippen LogP contribution in [0.15, 0.2) is 12.1 Å². The lowest BCUT2D eigenvalue weighted by molar-refractivity contribution is 0.112. The van der Waals surface area contributed by atoms with Gasteiger partial charge in [0.05, 0.1) is 0 Å². The lowest BCUT2D eigenvalue weighted by atomic mass is 10.0. The average molecular weight is 241 g/mol. The largest absolute Gasteiger partial charge is 0.367 e. The standard InChI is InChI=1S/C13H17F2NO/c1-8(2)9(3)16(4)13-11(14)5-10(7-17)6-12(13)15/h5-9H,1-4H3. The molecule has 0 aromatic heterocycles. The molecule has 1 unspecified atom stereocenters. The van der Waals surface area contributed by atoms with Gasteiger partial charge >= 0.3 is 0 Å². The Morgan fingerprint density at radius 2 is 1.65 bits per heavy atom. The molecule has 2 nitrogen and oxygen atoms in total. The van der Waals surface area contributed by atoms with E-state index in [4.69, 9.17) is 0 Å². The van der Waals surface area contributed by atoms with Crippen LogP contribution in [-0.4, -0.2) is 19.4 Å². The number of rotatable bonds is 4. The molecule has 0 N–H and O–H groups in total. The van der Waals surface area contributed by atoms with Crippen molar-refractivity contribution >= 4 is 12.0 Å². The van der Waals surface area contributed by atoms with Gasteiger partial charge in [-0.15, -0.1) is 0 Å². The van der Waals surface area contributed by atoms with Gasteiger partial charge in [0, 0.05) is 18.7 Å². The lowest BCUT2D eigenvalue weighted by Gasteiger charge is -2.30. The number of hydrogen-bond donors (Lipinski definition) is 0. The molecule has 1 aromatic rings. The Labute approximate surface area is 100 Å². The molecule has 0 radical (unpaired) electrons. The molecule has 0 heterocycles. The van der Waals surface area contributed by atoms with Crippen molar-refractivity contribution < 1.29 is 13.6 Å². The van der Waals surface area contributed by atoms with Crippen molar-refractivity contribution in [2.45, 2.75) is 26.8 Å². The fourth-order valence-electron chi connectivity index (χ4n) is 1.64. The van der Waals surface area contributed by atoms with Crippen LogP contribution in [0.4, 0.5) is 14.5 Å². The Balaban J connectivity index is 3.18. The fraction of sp³-hybridized carbons (Fsp3) is 0.462. The smallest absolute Gasteiger partial charge is 0.150 e. The number of anilines is 1. The van der Waals surface area contributed by atoms with E-state index >= 15 is 0 Å². The minimum atomic E-state index is -0.706. The number of nitrogens with zero attached hydrogens (tertiary/aromatic N) is 1. The molecule has 4 heteroatoms. The second-order valence-electron chi connectivity index (χ2n) is 4.55. The van der Waals surface area contributed by atoms with Crippen molar-refractivity contribution in [3.05, 3.63) is 29.3 Å². The maximum atomic E-state index is 13.7. The van der Waals surface area contributed by atoms with Crippen molar-refractivity contribution in [3.8, 4) is 0 Å². The van der Waals surface area contributed by atoms with Gasteiger partial charge in [-0.2, -0.15) is 0 Å². The van der Waals surface area contributed by atoms with Crippen LogP contribution in [0.25, 0.3) is 0 Å². The van der Waals surface area contributed by atoms with Gasteiger partial charge in [-0.3, -0.25) is 4.79 Å². The first-order valence-electron chi connectivity index (χ1n) is 5.55. The molecule has 1 rings (SSSR count). The predicted molar refractivity (Wildman–Crippen MR) is 64.4 cm³/mol. The van der Waals surface area contributed by atoms with Crippen LogP contribution in [0.5, 0.6) is 0 Å². The van der Waals surface area contributed by atoms with Crippen LogP contribution in [-0.2, 0) is 0 Å². The number of carbonyl (C=O) groups is 1. The van der Waals surface area contributed by atoms with E-state index in [1.807, 2.05) is 20.8 Å². The third kappa shape index (κ3) is 2.81. The van der Waals surface area contributed by atoms with Crippen molar-refractivity contribution in [1.82, 2.24) is 0 Å². The number of carbonyl (C=O) groups excluding carboxylic acids is 1. The molecule has 0 fully saturated rings. The Hall–Kier alpha value is -1.45. The Morgan fingerprint density at radius 3 is 2.00 bits per heavy atom. The second kappa shape index (κ2) is 5.25. The Morgan fingerprint density at radius 1 is 1.18 bits per heavy atom. The SMILES string of the molecule is CC(C)C(C)N(C)c1c(F)cc(C=O)cc1F. The van der Waals surface area contributed by atoms with Crippen LogP contribution in [0.1, 0.15) is 31.1 Å². The molecule has 1 aromatic carbocycles. The van der Waals surface area contributed by atoms with E-state index in [1.54, 1.807) is 11.9 Å². The zero-order valence-electron chi connectivity index (χ0n) is 10.5. The summed E-state index contributed by atoms with van der Waals surface area (Å²) >= 11 is 0. The summed E-state index contributed by atoms with van der Waals surface area (Å²) in [6.07, 6.45) is 0.432. The molecular weight excluding hydrogens is 224 g/mol. The highest BCUT2D eigenvalue weighted by Gasteiger charge is 2.21. The summed E-state index contributed by atoms with van der Waals surface area (Å²) in [5.41, 5.74) is -0.0776. The molecule has 0 saturated carbocycles. The monoisotopic (exact) mass is 241 g/mol. The van der Waals surface area contributed by atoms with Gasteiger partial charge in [-0.05, 0) is 25.0 Å². The van der Waals surface area contributed by atoms with Crippen LogP contribution in [0.2, 0.25) is 0 Å². The molecule has 1 atom stereocenters. The van der Waals surface area contributed by atoms with Crippen LogP contribution in [0.3, 0.4) is 0 Å². The first-order valence-corrected chi connectivity index (χ1v) is 5.55. The number of hydrogen-bond acceptors (Lipinski definition) is 2. The zero-order valence-corrected chi connectivity index (χ0v) is 10.5. The minimum Gasteiger partial charge on any atom is -0.367 e. The maximum absolute atomic E-state index is 13.7. The summed E-state index contributed by atoms with van der Waals surface area (Å²) in [6.45, 7) is 5.87. The van der Waals surface area contributed by atoms with Gasteiger partial charge in [0.1, 0.15) is 23.6 Å². The fourth-order valence-corrected chi connectivity index (χ4v) is 1.64. The van der Waals surface area contributed by atoms with Crippen molar-refractivity contribution in [3.63, 3.8) is 0 Å². The molecule has 0 amide bonds. The van der Waals surface area contributed by atoms with Gasteiger partial charge in [-0.25, -0.2) is 8.78 Å². The molecule has 17 heavy (non-hydrogen) atoms. The summed E-state index contributed by atoms with van der Waals surface area (Å²) < 4.78 is 27.5. The van der Waals surface area contributed by atoms with E-state index in [0.29, 0.717) is 6.29 Å². The highest BCUT2D eigenvalue weighted by Crippen LogP contribution is 2.26. The van der Waals surface area contributed by atoms with E-state index in [1.165, 1.54) is 0 Å². The summed E-state index contributed by atoms with van der Waals surface area (Å²) in [5.74, 6) is -1.14. The van der Waals surface area contributed by atoms with Crippen LogP contribution >= 0.6 is 0 Å². The molecule has 94 valence electrons. The molecular formula is C13H17F2NO. The van der Waals surface area contributed by atoms with Gasteiger partial charge < -0.3 is 4.90 Å². The summed E-state index contributed by atoms with van der Waals surface area (Å²) in [6, 6.07) is 2.10. The molecule has 0 spiro atoms. The normalized spacial score (nSPS) is 12.6.